The summed E-state index contributed by atoms with van der Waals surface area (Å²) in [6.07, 6.45) is 3.45. The topological polar surface area (TPSA) is 66.4 Å². The van der Waals surface area contributed by atoms with Crippen molar-refractivity contribution in [2.24, 2.45) is 0 Å². The number of benzene rings is 1. The Morgan fingerprint density at radius 1 is 1.23 bits per heavy atom. The van der Waals surface area contributed by atoms with Gasteiger partial charge in [-0.1, -0.05) is 31.5 Å². The number of hydrogen-bond donors (Lipinski definition) is 2. The highest BCUT2D eigenvalue weighted by Gasteiger charge is 2.13. The SMILES string of the molecule is CCCc1ccc(C(=O)N/C(=C/c2cccs2)C(=O)O)cc1. The zero-order valence-corrected chi connectivity index (χ0v) is 13.0. The quantitative estimate of drug-likeness (QED) is 0.801. The van der Waals surface area contributed by atoms with Crippen LogP contribution in [0.4, 0.5) is 0 Å². The predicted octanol–water partition coefficient (Wildman–Crippen LogP) is 3.56. The molecule has 22 heavy (non-hydrogen) atoms. The van der Waals surface area contributed by atoms with Gasteiger partial charge in [0.1, 0.15) is 5.70 Å². The van der Waals surface area contributed by atoms with E-state index in [0.29, 0.717) is 5.56 Å². The monoisotopic (exact) mass is 315 g/mol. The Balaban J connectivity index is 2.13. The van der Waals surface area contributed by atoms with E-state index in [1.165, 1.54) is 17.4 Å². The molecule has 5 heteroatoms. The van der Waals surface area contributed by atoms with Gasteiger partial charge in [0.2, 0.25) is 0 Å². The molecule has 0 radical (unpaired) electrons. The second-order valence-electron chi connectivity index (χ2n) is 4.78. The molecule has 0 bridgehead atoms. The molecule has 0 atom stereocenters. The van der Waals surface area contributed by atoms with Crippen LogP contribution in [-0.2, 0) is 11.2 Å². The second kappa shape index (κ2) is 7.56. The first-order chi connectivity index (χ1) is 10.6. The summed E-state index contributed by atoms with van der Waals surface area (Å²) in [6.45, 7) is 2.09. The molecule has 1 heterocycles. The van der Waals surface area contributed by atoms with Crippen molar-refractivity contribution in [2.75, 3.05) is 0 Å². The lowest BCUT2D eigenvalue weighted by Gasteiger charge is -2.06. The first-order valence-corrected chi connectivity index (χ1v) is 7.87. The molecule has 0 spiro atoms. The van der Waals surface area contributed by atoms with Gasteiger partial charge in [0.15, 0.2) is 0 Å². The molecule has 1 aromatic carbocycles. The van der Waals surface area contributed by atoms with Crippen LogP contribution >= 0.6 is 11.3 Å². The van der Waals surface area contributed by atoms with Crippen LogP contribution < -0.4 is 5.32 Å². The number of hydrogen-bond acceptors (Lipinski definition) is 3. The number of nitrogens with one attached hydrogen (secondary N) is 1. The molecule has 114 valence electrons. The van der Waals surface area contributed by atoms with Crippen molar-refractivity contribution in [3.63, 3.8) is 0 Å². The number of carbonyl (C=O) groups is 2. The minimum Gasteiger partial charge on any atom is -0.477 e. The predicted molar refractivity (Wildman–Crippen MR) is 87.8 cm³/mol. The Morgan fingerprint density at radius 3 is 2.50 bits per heavy atom. The Bertz CT molecular complexity index is 672. The van der Waals surface area contributed by atoms with Crippen LogP contribution in [0.15, 0.2) is 47.5 Å². The Morgan fingerprint density at radius 2 is 1.95 bits per heavy atom. The molecular formula is C17H17NO3S. The van der Waals surface area contributed by atoms with Crippen molar-refractivity contribution in [3.8, 4) is 0 Å². The van der Waals surface area contributed by atoms with E-state index in [1.807, 2.05) is 23.6 Å². The average molecular weight is 315 g/mol. The summed E-state index contributed by atoms with van der Waals surface area (Å²) >= 11 is 1.41. The van der Waals surface area contributed by atoms with Crippen LogP contribution in [0.25, 0.3) is 6.08 Å². The average Bonchev–Trinajstić information content (AvgIpc) is 3.00. The summed E-state index contributed by atoms with van der Waals surface area (Å²) in [4.78, 5) is 24.2. The summed E-state index contributed by atoms with van der Waals surface area (Å²) < 4.78 is 0. The number of carbonyl (C=O) groups excluding carboxylic acids is 1. The number of aryl methyl sites for hydroxylation is 1. The molecular weight excluding hydrogens is 298 g/mol. The maximum atomic E-state index is 12.1. The van der Waals surface area contributed by atoms with Crippen molar-refractivity contribution in [1.82, 2.24) is 5.32 Å². The molecule has 2 rings (SSSR count). The van der Waals surface area contributed by atoms with Crippen LogP contribution in [0, 0.1) is 0 Å². The summed E-state index contributed by atoms with van der Waals surface area (Å²) in [5.74, 6) is -1.59. The van der Waals surface area contributed by atoms with Gasteiger partial charge >= 0.3 is 5.97 Å². The van der Waals surface area contributed by atoms with Crippen molar-refractivity contribution < 1.29 is 14.7 Å². The van der Waals surface area contributed by atoms with Crippen LogP contribution in [0.2, 0.25) is 0 Å². The zero-order chi connectivity index (χ0) is 15.9. The number of thiophene rings is 1. The lowest BCUT2D eigenvalue weighted by molar-refractivity contribution is -0.132. The molecule has 4 nitrogen and oxygen atoms in total. The Kier molecular flexibility index (Phi) is 5.49. The third-order valence-electron chi connectivity index (χ3n) is 3.06. The highest BCUT2D eigenvalue weighted by atomic mass is 32.1. The summed E-state index contributed by atoms with van der Waals surface area (Å²) in [5, 5.41) is 13.5. The second-order valence-corrected chi connectivity index (χ2v) is 5.76. The van der Waals surface area contributed by atoms with E-state index >= 15 is 0 Å². The standard InChI is InChI=1S/C17H17NO3S/c1-2-4-12-6-8-13(9-7-12)16(19)18-15(17(20)21)11-14-5-3-10-22-14/h3,5-11H,2,4H2,1H3,(H,18,19)(H,20,21)/b15-11+. The Labute approximate surface area is 133 Å². The summed E-state index contributed by atoms with van der Waals surface area (Å²) in [5.41, 5.74) is 1.47. The van der Waals surface area contributed by atoms with Gasteiger partial charge in [-0.05, 0) is 41.6 Å². The third-order valence-corrected chi connectivity index (χ3v) is 3.88. The molecule has 0 fully saturated rings. The zero-order valence-electron chi connectivity index (χ0n) is 12.2. The van der Waals surface area contributed by atoms with Crippen LogP contribution in [0.5, 0.6) is 0 Å². The molecule has 0 aliphatic carbocycles. The lowest BCUT2D eigenvalue weighted by Crippen LogP contribution is -2.27. The van der Waals surface area contributed by atoms with Gasteiger partial charge in [0.05, 0.1) is 0 Å². The summed E-state index contributed by atoms with van der Waals surface area (Å²) in [6, 6.07) is 10.8. The van der Waals surface area contributed by atoms with Gasteiger partial charge in [0, 0.05) is 10.4 Å². The summed E-state index contributed by atoms with van der Waals surface area (Å²) in [7, 11) is 0. The first-order valence-electron chi connectivity index (χ1n) is 6.99. The minimum absolute atomic E-state index is 0.134. The van der Waals surface area contributed by atoms with Crippen LogP contribution in [0.1, 0.15) is 34.1 Å². The maximum absolute atomic E-state index is 12.1. The van der Waals surface area contributed by atoms with E-state index in [9.17, 15) is 14.7 Å². The smallest absolute Gasteiger partial charge is 0.352 e. The van der Waals surface area contributed by atoms with E-state index < -0.39 is 11.9 Å². The van der Waals surface area contributed by atoms with E-state index in [-0.39, 0.29) is 5.70 Å². The molecule has 2 N–H and O–H groups in total. The lowest BCUT2D eigenvalue weighted by atomic mass is 10.1. The molecule has 2 aromatic rings. The maximum Gasteiger partial charge on any atom is 0.352 e. The van der Waals surface area contributed by atoms with E-state index in [2.05, 4.69) is 12.2 Å². The largest absolute Gasteiger partial charge is 0.477 e. The fourth-order valence-corrected chi connectivity index (χ4v) is 2.63. The highest BCUT2D eigenvalue weighted by Crippen LogP contribution is 2.13. The molecule has 0 aliphatic rings. The first kappa shape index (κ1) is 16.0. The van der Waals surface area contributed by atoms with Crippen molar-refractivity contribution >= 4 is 29.3 Å². The van der Waals surface area contributed by atoms with Gasteiger partial charge in [-0.25, -0.2) is 4.79 Å². The molecule has 0 saturated carbocycles. The molecule has 0 unspecified atom stereocenters. The fourth-order valence-electron chi connectivity index (χ4n) is 1.97. The number of amides is 1. The molecule has 1 aromatic heterocycles. The van der Waals surface area contributed by atoms with Crippen molar-refractivity contribution in [3.05, 3.63) is 63.5 Å². The number of aliphatic carboxylic acids is 1. The van der Waals surface area contributed by atoms with Gasteiger partial charge in [-0.2, -0.15) is 0 Å². The Hall–Kier alpha value is -2.40. The van der Waals surface area contributed by atoms with E-state index in [1.54, 1.807) is 18.2 Å². The van der Waals surface area contributed by atoms with Gasteiger partial charge in [0.25, 0.3) is 5.91 Å². The number of rotatable bonds is 6. The molecule has 0 saturated heterocycles. The third kappa shape index (κ3) is 4.30. The fraction of sp³-hybridized carbons (Fsp3) is 0.176. The van der Waals surface area contributed by atoms with E-state index in [0.717, 1.165) is 23.3 Å². The van der Waals surface area contributed by atoms with Crippen molar-refractivity contribution in [2.45, 2.75) is 19.8 Å². The van der Waals surface area contributed by atoms with Gasteiger partial charge in [-0.3, -0.25) is 4.79 Å². The van der Waals surface area contributed by atoms with Crippen LogP contribution in [-0.4, -0.2) is 17.0 Å². The highest BCUT2D eigenvalue weighted by molar-refractivity contribution is 7.10. The number of carboxylic acids is 1. The van der Waals surface area contributed by atoms with Gasteiger partial charge in [-0.15, -0.1) is 11.3 Å². The van der Waals surface area contributed by atoms with Crippen molar-refractivity contribution in [1.29, 1.82) is 0 Å². The van der Waals surface area contributed by atoms with Crippen LogP contribution in [0.3, 0.4) is 0 Å². The number of carboxylic acid groups (broad SMARTS) is 1. The van der Waals surface area contributed by atoms with Gasteiger partial charge < -0.3 is 10.4 Å². The molecule has 0 aliphatic heterocycles. The normalized spacial score (nSPS) is 11.2. The molecule has 1 amide bonds. The van der Waals surface area contributed by atoms with E-state index in [4.69, 9.17) is 0 Å². The minimum atomic E-state index is -1.16.